The van der Waals surface area contributed by atoms with E-state index in [1.54, 1.807) is 31.6 Å². The third-order valence-corrected chi connectivity index (χ3v) is 2.90. The molecule has 3 aromatic rings. The van der Waals surface area contributed by atoms with Crippen molar-refractivity contribution in [3.05, 3.63) is 48.5 Å². The zero-order chi connectivity index (χ0) is 11.8. The quantitative estimate of drug-likeness (QED) is 0.593. The highest BCUT2D eigenvalue weighted by Crippen LogP contribution is 2.31. The summed E-state index contributed by atoms with van der Waals surface area (Å²) in [5.74, 6) is 0.437. The van der Waals surface area contributed by atoms with E-state index in [0.29, 0.717) is 11.1 Å². The number of aromatic nitrogens is 1. The molecule has 0 amide bonds. The van der Waals surface area contributed by atoms with Crippen molar-refractivity contribution in [2.75, 3.05) is 7.11 Å². The van der Waals surface area contributed by atoms with Gasteiger partial charge in [-0.15, -0.1) is 0 Å². The van der Waals surface area contributed by atoms with Crippen LogP contribution in [0, 0.1) is 5.82 Å². The Kier molecular flexibility index (Phi) is 2.18. The molecule has 0 saturated heterocycles. The van der Waals surface area contributed by atoms with Gasteiger partial charge >= 0.3 is 0 Å². The number of hydrogen-bond acceptors (Lipinski definition) is 2. The summed E-state index contributed by atoms with van der Waals surface area (Å²) in [5, 5.41) is 3.29. The Bertz CT molecular complexity index is 709. The maximum atomic E-state index is 13.8. The highest BCUT2D eigenvalue weighted by Gasteiger charge is 2.07. The molecule has 1 heterocycles. The highest BCUT2D eigenvalue weighted by atomic mass is 19.1. The molecule has 3 heteroatoms. The monoisotopic (exact) mass is 227 g/mol. The minimum absolute atomic E-state index is 0.244. The molecule has 0 aliphatic heterocycles. The summed E-state index contributed by atoms with van der Waals surface area (Å²) in [7, 11) is 1.59. The number of fused-ring (bicyclic) bond motifs is 2. The van der Waals surface area contributed by atoms with Crippen molar-refractivity contribution in [3.63, 3.8) is 0 Å². The Hall–Kier alpha value is -2.16. The predicted molar refractivity (Wildman–Crippen MR) is 65.8 cm³/mol. The number of nitrogens with zero attached hydrogens (tertiary/aromatic N) is 1. The van der Waals surface area contributed by atoms with E-state index in [4.69, 9.17) is 4.74 Å². The average molecular weight is 227 g/mol. The van der Waals surface area contributed by atoms with Gasteiger partial charge in [-0.05, 0) is 35.7 Å². The van der Waals surface area contributed by atoms with Crippen molar-refractivity contribution in [2.45, 2.75) is 0 Å². The molecule has 0 radical (unpaired) electrons. The second kappa shape index (κ2) is 3.70. The van der Waals surface area contributed by atoms with Gasteiger partial charge in [-0.3, -0.25) is 4.98 Å². The number of rotatable bonds is 1. The summed E-state index contributed by atoms with van der Waals surface area (Å²) in [4.78, 5) is 4.04. The zero-order valence-corrected chi connectivity index (χ0v) is 9.27. The second-order valence-corrected chi connectivity index (χ2v) is 3.87. The van der Waals surface area contributed by atoms with Crippen LogP contribution in [0.3, 0.4) is 0 Å². The number of pyridine rings is 1. The van der Waals surface area contributed by atoms with Gasteiger partial charge in [0.25, 0.3) is 0 Å². The molecule has 0 fully saturated rings. The minimum atomic E-state index is -0.244. The first-order chi connectivity index (χ1) is 8.29. The smallest absolute Gasteiger partial charge is 0.131 e. The van der Waals surface area contributed by atoms with Crippen molar-refractivity contribution in [1.29, 1.82) is 0 Å². The van der Waals surface area contributed by atoms with Crippen LogP contribution in [0.1, 0.15) is 0 Å². The van der Waals surface area contributed by atoms with Crippen LogP contribution in [0.15, 0.2) is 42.7 Å². The normalized spacial score (nSPS) is 10.9. The van der Waals surface area contributed by atoms with Gasteiger partial charge in [0, 0.05) is 28.6 Å². The molecule has 84 valence electrons. The number of benzene rings is 2. The maximum absolute atomic E-state index is 13.8. The molecule has 0 bridgehead atoms. The topological polar surface area (TPSA) is 22.1 Å². The van der Waals surface area contributed by atoms with Gasteiger partial charge in [0.05, 0.1) is 7.11 Å². The standard InChI is InChI=1S/C14H10FNO/c1-17-14-3-2-13(15)11-7-10-8-16-5-4-9(10)6-12(11)14/h2-8H,1H3. The summed E-state index contributed by atoms with van der Waals surface area (Å²) in [6.07, 6.45) is 3.45. The molecule has 0 aliphatic carbocycles. The SMILES string of the molecule is COc1ccc(F)c2cc3cnccc3cc12. The molecule has 0 atom stereocenters. The van der Waals surface area contributed by atoms with Crippen molar-refractivity contribution >= 4 is 21.5 Å². The summed E-state index contributed by atoms with van der Waals surface area (Å²) < 4.78 is 19.0. The Morgan fingerprint density at radius 1 is 1.06 bits per heavy atom. The van der Waals surface area contributed by atoms with E-state index >= 15 is 0 Å². The van der Waals surface area contributed by atoms with E-state index in [-0.39, 0.29) is 5.82 Å². The molecular weight excluding hydrogens is 217 g/mol. The van der Waals surface area contributed by atoms with Gasteiger partial charge in [0.2, 0.25) is 0 Å². The first-order valence-corrected chi connectivity index (χ1v) is 5.29. The van der Waals surface area contributed by atoms with Crippen LogP contribution in [0.5, 0.6) is 5.75 Å². The van der Waals surface area contributed by atoms with Crippen molar-refractivity contribution in [3.8, 4) is 5.75 Å². The molecular formula is C14H10FNO. The van der Waals surface area contributed by atoms with Gasteiger partial charge in [0.1, 0.15) is 11.6 Å². The molecule has 0 N–H and O–H groups in total. The lowest BCUT2D eigenvalue weighted by molar-refractivity contribution is 0.419. The molecule has 3 rings (SSSR count). The lowest BCUT2D eigenvalue weighted by Crippen LogP contribution is -1.88. The number of methoxy groups -OCH3 is 1. The van der Waals surface area contributed by atoms with Crippen LogP contribution in [0.4, 0.5) is 4.39 Å². The van der Waals surface area contributed by atoms with Gasteiger partial charge < -0.3 is 4.74 Å². The maximum Gasteiger partial charge on any atom is 0.131 e. The van der Waals surface area contributed by atoms with E-state index < -0.39 is 0 Å². The Balaban J connectivity index is 2.50. The summed E-state index contributed by atoms with van der Waals surface area (Å²) in [5.41, 5.74) is 0. The fraction of sp³-hybridized carbons (Fsp3) is 0.0714. The van der Waals surface area contributed by atoms with Gasteiger partial charge in [0.15, 0.2) is 0 Å². The predicted octanol–water partition coefficient (Wildman–Crippen LogP) is 3.54. The lowest BCUT2D eigenvalue weighted by atomic mass is 10.0. The lowest BCUT2D eigenvalue weighted by Gasteiger charge is -2.07. The third-order valence-electron chi connectivity index (χ3n) is 2.90. The van der Waals surface area contributed by atoms with Crippen LogP contribution in [0.25, 0.3) is 21.5 Å². The van der Waals surface area contributed by atoms with E-state index in [2.05, 4.69) is 4.98 Å². The minimum Gasteiger partial charge on any atom is -0.496 e. The zero-order valence-electron chi connectivity index (χ0n) is 9.27. The summed E-state index contributed by atoms with van der Waals surface area (Å²) >= 11 is 0. The summed E-state index contributed by atoms with van der Waals surface area (Å²) in [6.45, 7) is 0. The van der Waals surface area contributed by atoms with E-state index in [9.17, 15) is 4.39 Å². The fourth-order valence-corrected chi connectivity index (χ4v) is 2.04. The number of hydrogen-bond donors (Lipinski definition) is 0. The van der Waals surface area contributed by atoms with Crippen molar-refractivity contribution in [1.82, 2.24) is 4.98 Å². The Labute approximate surface area is 97.7 Å². The van der Waals surface area contributed by atoms with Crippen LogP contribution < -0.4 is 4.74 Å². The van der Waals surface area contributed by atoms with E-state index in [0.717, 1.165) is 16.2 Å². The van der Waals surface area contributed by atoms with Crippen LogP contribution in [-0.4, -0.2) is 12.1 Å². The third kappa shape index (κ3) is 1.51. The van der Waals surface area contributed by atoms with Crippen LogP contribution in [-0.2, 0) is 0 Å². The average Bonchev–Trinajstić information content (AvgIpc) is 2.38. The van der Waals surface area contributed by atoms with E-state index in [1.165, 1.54) is 6.07 Å². The number of halogens is 1. The van der Waals surface area contributed by atoms with Crippen LogP contribution in [0.2, 0.25) is 0 Å². The first-order valence-electron chi connectivity index (χ1n) is 5.29. The first kappa shape index (κ1) is 10.0. The van der Waals surface area contributed by atoms with Gasteiger partial charge in [-0.1, -0.05) is 0 Å². The van der Waals surface area contributed by atoms with Crippen molar-refractivity contribution < 1.29 is 9.13 Å². The molecule has 17 heavy (non-hydrogen) atoms. The van der Waals surface area contributed by atoms with Crippen molar-refractivity contribution in [2.24, 2.45) is 0 Å². The summed E-state index contributed by atoms with van der Waals surface area (Å²) in [6, 6.07) is 8.69. The molecule has 2 nitrogen and oxygen atoms in total. The van der Waals surface area contributed by atoms with E-state index in [1.807, 2.05) is 12.1 Å². The second-order valence-electron chi connectivity index (χ2n) is 3.87. The van der Waals surface area contributed by atoms with Gasteiger partial charge in [-0.25, -0.2) is 4.39 Å². The molecule has 1 aromatic heterocycles. The fourth-order valence-electron chi connectivity index (χ4n) is 2.04. The largest absolute Gasteiger partial charge is 0.496 e. The molecule has 0 saturated carbocycles. The molecule has 0 unspecified atom stereocenters. The number of ether oxygens (including phenoxy) is 1. The Morgan fingerprint density at radius 3 is 2.71 bits per heavy atom. The highest BCUT2D eigenvalue weighted by molar-refractivity contribution is 6.00. The molecule has 0 spiro atoms. The molecule has 0 aliphatic rings. The molecule has 2 aromatic carbocycles. The van der Waals surface area contributed by atoms with Crippen LogP contribution >= 0.6 is 0 Å². The Morgan fingerprint density at radius 2 is 1.88 bits per heavy atom. The van der Waals surface area contributed by atoms with Gasteiger partial charge in [-0.2, -0.15) is 0 Å².